The van der Waals surface area contributed by atoms with E-state index in [-0.39, 0.29) is 36.6 Å². The molecule has 1 aliphatic carbocycles. The van der Waals surface area contributed by atoms with Crippen molar-refractivity contribution in [2.45, 2.75) is 39.0 Å². The maximum absolute atomic E-state index is 12.4. The Kier molecular flexibility index (Phi) is 4.90. The largest absolute Gasteiger partial charge is 0.426 e. The summed E-state index contributed by atoms with van der Waals surface area (Å²) in [5, 5.41) is 0.572. The molecule has 6 heteroatoms. The van der Waals surface area contributed by atoms with Crippen LogP contribution in [0.25, 0.3) is 0 Å². The second-order valence-corrected chi connectivity index (χ2v) is 6.90. The van der Waals surface area contributed by atoms with Gasteiger partial charge < -0.3 is 4.74 Å². The molecule has 3 rings (SSSR count). The van der Waals surface area contributed by atoms with Crippen LogP contribution in [0, 0.1) is 18.8 Å². The Labute approximate surface area is 145 Å². The standard InChI is InChI=1S/C18H20ClNO4/c1-11-10-12(19)6-7-15(11)24-16(21)8-9-20-17(22)13-4-2-3-5-14(13)18(20)23/h6-7,10,13-14H,2-5,8-9H2,1H3/t13-,14+. The van der Waals surface area contributed by atoms with Gasteiger partial charge in [0.15, 0.2) is 0 Å². The van der Waals surface area contributed by atoms with E-state index in [1.807, 2.05) is 0 Å². The van der Waals surface area contributed by atoms with Crippen molar-refractivity contribution < 1.29 is 19.1 Å². The first-order valence-electron chi connectivity index (χ1n) is 8.29. The summed E-state index contributed by atoms with van der Waals surface area (Å²) in [7, 11) is 0. The predicted octanol–water partition coefficient (Wildman–Crippen LogP) is 3.12. The van der Waals surface area contributed by atoms with Gasteiger partial charge in [0, 0.05) is 11.6 Å². The third kappa shape index (κ3) is 3.31. The number of aryl methyl sites for hydroxylation is 1. The molecule has 0 bridgehead atoms. The molecule has 0 N–H and O–H groups in total. The normalized spacial score (nSPS) is 23.3. The van der Waals surface area contributed by atoms with E-state index in [2.05, 4.69) is 0 Å². The Morgan fingerprint density at radius 1 is 1.21 bits per heavy atom. The summed E-state index contributed by atoms with van der Waals surface area (Å²) in [4.78, 5) is 38.0. The molecule has 5 nitrogen and oxygen atoms in total. The zero-order chi connectivity index (χ0) is 17.3. The Morgan fingerprint density at radius 2 is 1.83 bits per heavy atom. The van der Waals surface area contributed by atoms with Gasteiger partial charge in [-0.2, -0.15) is 0 Å². The van der Waals surface area contributed by atoms with Crippen molar-refractivity contribution in [2.75, 3.05) is 6.54 Å². The van der Waals surface area contributed by atoms with Crippen molar-refractivity contribution in [2.24, 2.45) is 11.8 Å². The number of halogens is 1. The van der Waals surface area contributed by atoms with Gasteiger partial charge in [-0.1, -0.05) is 24.4 Å². The van der Waals surface area contributed by atoms with Crippen LogP contribution in [0.5, 0.6) is 5.75 Å². The predicted molar refractivity (Wildman–Crippen MR) is 88.6 cm³/mol. The topological polar surface area (TPSA) is 63.7 Å². The number of carbonyl (C=O) groups is 3. The average molecular weight is 350 g/mol. The van der Waals surface area contributed by atoms with E-state index < -0.39 is 5.97 Å². The van der Waals surface area contributed by atoms with Gasteiger partial charge in [-0.3, -0.25) is 19.3 Å². The van der Waals surface area contributed by atoms with Crippen molar-refractivity contribution in [3.8, 4) is 5.75 Å². The van der Waals surface area contributed by atoms with E-state index in [1.54, 1.807) is 25.1 Å². The van der Waals surface area contributed by atoms with Crippen molar-refractivity contribution >= 4 is 29.4 Å². The molecule has 1 aromatic rings. The molecule has 1 aliphatic heterocycles. The second-order valence-electron chi connectivity index (χ2n) is 6.46. The van der Waals surface area contributed by atoms with Gasteiger partial charge in [0.2, 0.25) is 11.8 Å². The van der Waals surface area contributed by atoms with Crippen molar-refractivity contribution in [3.63, 3.8) is 0 Å². The van der Waals surface area contributed by atoms with Gasteiger partial charge in [0.25, 0.3) is 0 Å². The number of imide groups is 1. The zero-order valence-corrected chi connectivity index (χ0v) is 14.3. The smallest absolute Gasteiger partial charge is 0.313 e. The van der Waals surface area contributed by atoms with E-state index in [9.17, 15) is 14.4 Å². The van der Waals surface area contributed by atoms with Crippen LogP contribution in [-0.2, 0) is 14.4 Å². The summed E-state index contributed by atoms with van der Waals surface area (Å²) in [6.45, 7) is 1.89. The van der Waals surface area contributed by atoms with Crippen molar-refractivity contribution in [3.05, 3.63) is 28.8 Å². The van der Waals surface area contributed by atoms with Crippen LogP contribution >= 0.6 is 11.6 Å². The van der Waals surface area contributed by atoms with Crippen LogP contribution < -0.4 is 4.74 Å². The minimum absolute atomic E-state index is 0.00101. The molecule has 2 fully saturated rings. The fraction of sp³-hybridized carbons (Fsp3) is 0.500. The fourth-order valence-electron chi connectivity index (χ4n) is 3.56. The van der Waals surface area contributed by atoms with Crippen LogP contribution in [0.1, 0.15) is 37.7 Å². The van der Waals surface area contributed by atoms with E-state index in [1.165, 1.54) is 4.90 Å². The lowest BCUT2D eigenvalue weighted by molar-refractivity contribution is -0.141. The minimum Gasteiger partial charge on any atom is -0.426 e. The highest BCUT2D eigenvalue weighted by atomic mass is 35.5. The quantitative estimate of drug-likeness (QED) is 0.476. The molecule has 1 aromatic carbocycles. The molecule has 2 amide bonds. The monoisotopic (exact) mass is 349 g/mol. The summed E-state index contributed by atoms with van der Waals surface area (Å²) in [5.41, 5.74) is 0.759. The van der Waals surface area contributed by atoms with Gasteiger partial charge >= 0.3 is 5.97 Å². The summed E-state index contributed by atoms with van der Waals surface area (Å²) in [6, 6.07) is 4.99. The summed E-state index contributed by atoms with van der Waals surface area (Å²) in [5.74, 6) is -0.630. The summed E-state index contributed by atoms with van der Waals surface area (Å²) in [6.07, 6.45) is 3.54. The summed E-state index contributed by atoms with van der Waals surface area (Å²) < 4.78 is 5.30. The number of carbonyl (C=O) groups excluding carboxylic acids is 3. The van der Waals surface area contributed by atoms with E-state index >= 15 is 0 Å². The molecule has 0 spiro atoms. The molecule has 1 saturated heterocycles. The van der Waals surface area contributed by atoms with Crippen LogP contribution in [0.15, 0.2) is 18.2 Å². The van der Waals surface area contributed by atoms with Crippen LogP contribution in [0.4, 0.5) is 0 Å². The Morgan fingerprint density at radius 3 is 2.42 bits per heavy atom. The molecule has 2 aliphatic rings. The molecule has 128 valence electrons. The maximum Gasteiger partial charge on any atom is 0.313 e. The number of likely N-dealkylation sites (tertiary alicyclic amines) is 1. The van der Waals surface area contributed by atoms with Crippen LogP contribution in [0.3, 0.4) is 0 Å². The van der Waals surface area contributed by atoms with Crippen molar-refractivity contribution in [1.29, 1.82) is 0 Å². The molecular weight excluding hydrogens is 330 g/mol. The highest BCUT2D eigenvalue weighted by Crippen LogP contribution is 2.38. The number of amides is 2. The molecule has 24 heavy (non-hydrogen) atoms. The zero-order valence-electron chi connectivity index (χ0n) is 13.6. The number of fused-ring (bicyclic) bond motifs is 1. The maximum atomic E-state index is 12.4. The van der Waals surface area contributed by atoms with Gasteiger partial charge in [-0.15, -0.1) is 0 Å². The number of hydrogen-bond acceptors (Lipinski definition) is 4. The molecule has 1 heterocycles. The van der Waals surface area contributed by atoms with Crippen LogP contribution in [0.2, 0.25) is 5.02 Å². The first kappa shape index (κ1) is 17.0. The second kappa shape index (κ2) is 6.93. The first-order valence-corrected chi connectivity index (χ1v) is 8.67. The number of ether oxygens (including phenoxy) is 1. The lowest BCUT2D eigenvalue weighted by Crippen LogP contribution is -2.33. The highest BCUT2D eigenvalue weighted by molar-refractivity contribution is 6.30. The van der Waals surface area contributed by atoms with Crippen molar-refractivity contribution in [1.82, 2.24) is 4.90 Å². The third-order valence-electron chi connectivity index (χ3n) is 4.83. The van der Waals surface area contributed by atoms with Gasteiger partial charge in [0.05, 0.1) is 18.3 Å². The highest BCUT2D eigenvalue weighted by Gasteiger charge is 2.47. The van der Waals surface area contributed by atoms with E-state index in [0.717, 1.165) is 31.2 Å². The van der Waals surface area contributed by atoms with Gasteiger partial charge in [0.1, 0.15) is 5.75 Å². The number of nitrogens with zero attached hydrogens (tertiary/aromatic N) is 1. The Balaban J connectivity index is 1.58. The number of rotatable bonds is 4. The molecule has 0 unspecified atom stereocenters. The first-order chi connectivity index (χ1) is 11.5. The van der Waals surface area contributed by atoms with E-state index in [0.29, 0.717) is 10.8 Å². The van der Waals surface area contributed by atoms with Crippen LogP contribution in [-0.4, -0.2) is 29.2 Å². The Bertz CT molecular complexity index is 664. The van der Waals surface area contributed by atoms with Gasteiger partial charge in [-0.25, -0.2) is 0 Å². The lowest BCUT2D eigenvalue weighted by atomic mass is 9.81. The van der Waals surface area contributed by atoms with E-state index in [4.69, 9.17) is 16.3 Å². The number of hydrogen-bond donors (Lipinski definition) is 0. The SMILES string of the molecule is Cc1cc(Cl)ccc1OC(=O)CCN1C(=O)[C@H]2CCCC[C@H]2C1=O. The molecule has 2 atom stereocenters. The Hall–Kier alpha value is -1.88. The summed E-state index contributed by atoms with van der Waals surface area (Å²) >= 11 is 5.87. The third-order valence-corrected chi connectivity index (χ3v) is 5.07. The van der Waals surface area contributed by atoms with Gasteiger partial charge in [-0.05, 0) is 43.5 Å². The molecule has 0 aromatic heterocycles. The minimum atomic E-state index is -0.462. The molecular formula is C18H20ClNO4. The molecule has 0 radical (unpaired) electrons. The average Bonchev–Trinajstić information content (AvgIpc) is 2.80. The number of esters is 1. The number of benzene rings is 1. The lowest BCUT2D eigenvalue weighted by Gasteiger charge is -2.19. The molecule has 1 saturated carbocycles. The fourth-order valence-corrected chi connectivity index (χ4v) is 3.78.